The van der Waals surface area contributed by atoms with Crippen molar-refractivity contribution in [1.29, 1.82) is 0 Å². The summed E-state index contributed by atoms with van der Waals surface area (Å²) in [6.07, 6.45) is 8.74. The molecule has 5 rings (SSSR count). The van der Waals surface area contributed by atoms with Crippen molar-refractivity contribution in [2.24, 2.45) is 12.5 Å². The number of rotatable bonds is 3. The predicted molar refractivity (Wildman–Crippen MR) is 146 cm³/mol. The fourth-order valence-electron chi connectivity index (χ4n) is 5.81. The molecule has 1 amide bonds. The van der Waals surface area contributed by atoms with Crippen LogP contribution >= 0.6 is 0 Å². The Morgan fingerprint density at radius 1 is 1.14 bits per heavy atom. The number of allylic oxidation sites excluding steroid dienone is 2. The van der Waals surface area contributed by atoms with E-state index in [1.54, 1.807) is 7.11 Å². The van der Waals surface area contributed by atoms with Crippen LogP contribution in [0.5, 0.6) is 5.75 Å². The van der Waals surface area contributed by atoms with Crippen LogP contribution in [0.25, 0.3) is 27.7 Å². The molecule has 0 atom stereocenters. The molecular formula is C29H37N5O3. The molecule has 8 nitrogen and oxygen atoms in total. The van der Waals surface area contributed by atoms with Crippen LogP contribution in [0.3, 0.4) is 0 Å². The SMILES string of the molecule is COc1cccc(-c2c(C3=CCC4(CC3)CCN(C(=O)OC(C)(C)C)CC4)n(C)c3ncnc(N)c23)c1. The van der Waals surface area contributed by atoms with Crippen molar-refractivity contribution in [1.82, 2.24) is 19.4 Å². The number of aromatic nitrogens is 3. The molecule has 0 radical (unpaired) electrons. The van der Waals surface area contributed by atoms with Gasteiger partial charge in [0.05, 0.1) is 18.2 Å². The largest absolute Gasteiger partial charge is 0.497 e. The molecule has 0 unspecified atom stereocenters. The lowest BCUT2D eigenvalue weighted by atomic mass is 9.68. The first-order chi connectivity index (χ1) is 17.6. The molecule has 1 spiro atoms. The van der Waals surface area contributed by atoms with Crippen LogP contribution in [-0.2, 0) is 11.8 Å². The summed E-state index contributed by atoms with van der Waals surface area (Å²) in [6.45, 7) is 7.22. The Morgan fingerprint density at radius 2 is 1.89 bits per heavy atom. The van der Waals surface area contributed by atoms with E-state index in [1.165, 1.54) is 11.9 Å². The zero-order chi connectivity index (χ0) is 26.4. The summed E-state index contributed by atoms with van der Waals surface area (Å²) in [5.41, 5.74) is 11.5. The van der Waals surface area contributed by atoms with E-state index in [0.717, 1.165) is 78.8 Å². The van der Waals surface area contributed by atoms with Gasteiger partial charge in [0.25, 0.3) is 0 Å². The molecule has 3 heterocycles. The number of ether oxygens (including phenoxy) is 2. The lowest BCUT2D eigenvalue weighted by Gasteiger charge is -2.43. The van der Waals surface area contributed by atoms with Crippen LogP contribution in [-0.4, -0.2) is 51.3 Å². The summed E-state index contributed by atoms with van der Waals surface area (Å²) in [6, 6.07) is 8.08. The lowest BCUT2D eigenvalue weighted by Crippen LogP contribution is -2.45. The number of nitrogens with two attached hydrogens (primary N) is 1. The van der Waals surface area contributed by atoms with Crippen LogP contribution in [0.4, 0.5) is 10.6 Å². The number of likely N-dealkylation sites (tertiary alicyclic amines) is 1. The van der Waals surface area contributed by atoms with Gasteiger partial charge in [-0.25, -0.2) is 14.8 Å². The minimum absolute atomic E-state index is 0.202. The first kappa shape index (κ1) is 25.1. The minimum Gasteiger partial charge on any atom is -0.497 e. The number of anilines is 1. The van der Waals surface area contributed by atoms with Crippen molar-refractivity contribution < 1.29 is 14.3 Å². The maximum absolute atomic E-state index is 12.5. The van der Waals surface area contributed by atoms with E-state index < -0.39 is 5.60 Å². The third-order valence-electron chi connectivity index (χ3n) is 7.84. The Hall–Kier alpha value is -3.55. The van der Waals surface area contributed by atoms with Gasteiger partial charge < -0.3 is 24.7 Å². The normalized spacial score (nSPS) is 17.6. The molecule has 1 fully saturated rings. The smallest absolute Gasteiger partial charge is 0.410 e. The second-order valence-electron chi connectivity index (χ2n) is 11.4. The van der Waals surface area contributed by atoms with Gasteiger partial charge in [0.1, 0.15) is 29.1 Å². The quantitative estimate of drug-likeness (QED) is 0.485. The van der Waals surface area contributed by atoms with Gasteiger partial charge in [-0.15, -0.1) is 0 Å². The Morgan fingerprint density at radius 3 is 2.54 bits per heavy atom. The third-order valence-corrected chi connectivity index (χ3v) is 7.84. The Labute approximate surface area is 218 Å². The molecule has 0 saturated carbocycles. The molecule has 2 N–H and O–H groups in total. The van der Waals surface area contributed by atoms with Crippen LogP contribution in [0.15, 0.2) is 36.7 Å². The monoisotopic (exact) mass is 503 g/mol. The highest BCUT2D eigenvalue weighted by molar-refractivity contribution is 6.06. The molecule has 1 aliphatic heterocycles. The first-order valence-corrected chi connectivity index (χ1v) is 13.0. The molecule has 1 saturated heterocycles. The highest BCUT2D eigenvalue weighted by Crippen LogP contribution is 2.49. The second-order valence-corrected chi connectivity index (χ2v) is 11.4. The van der Waals surface area contributed by atoms with E-state index in [9.17, 15) is 4.79 Å². The summed E-state index contributed by atoms with van der Waals surface area (Å²) in [5.74, 6) is 1.27. The number of carbonyl (C=O) groups is 1. The summed E-state index contributed by atoms with van der Waals surface area (Å²) >= 11 is 0. The van der Waals surface area contributed by atoms with Gasteiger partial charge in [0.2, 0.25) is 0 Å². The summed E-state index contributed by atoms with van der Waals surface area (Å²) < 4.78 is 13.3. The molecule has 2 aliphatic rings. The van der Waals surface area contributed by atoms with Crippen LogP contribution in [0, 0.1) is 5.41 Å². The lowest BCUT2D eigenvalue weighted by molar-refractivity contribution is 0.00896. The number of nitrogen functional groups attached to an aromatic ring is 1. The Balaban J connectivity index is 1.45. The van der Waals surface area contributed by atoms with E-state index in [4.69, 9.17) is 15.2 Å². The summed E-state index contributed by atoms with van der Waals surface area (Å²) in [5, 5.41) is 0.875. The van der Waals surface area contributed by atoms with Gasteiger partial charge in [-0.05, 0) is 81.6 Å². The number of hydrogen-bond acceptors (Lipinski definition) is 6. The summed E-state index contributed by atoms with van der Waals surface area (Å²) in [7, 11) is 3.73. The topological polar surface area (TPSA) is 95.5 Å². The molecule has 2 aromatic heterocycles. The second kappa shape index (κ2) is 9.39. The van der Waals surface area contributed by atoms with Crippen molar-refractivity contribution in [3.8, 4) is 16.9 Å². The predicted octanol–water partition coefficient (Wildman–Crippen LogP) is 5.81. The average molecular weight is 504 g/mol. The van der Waals surface area contributed by atoms with Crippen molar-refractivity contribution >= 4 is 28.5 Å². The van der Waals surface area contributed by atoms with E-state index in [0.29, 0.717) is 5.82 Å². The van der Waals surface area contributed by atoms with Gasteiger partial charge >= 0.3 is 6.09 Å². The molecule has 1 aromatic carbocycles. The van der Waals surface area contributed by atoms with Gasteiger partial charge in [0.15, 0.2) is 0 Å². The molecule has 196 valence electrons. The number of aryl methyl sites for hydroxylation is 1. The molecule has 1 aliphatic carbocycles. The van der Waals surface area contributed by atoms with Crippen molar-refractivity contribution in [3.63, 3.8) is 0 Å². The molecular weight excluding hydrogens is 466 g/mol. The zero-order valence-electron chi connectivity index (χ0n) is 22.5. The fraction of sp³-hybridized carbons (Fsp3) is 0.483. The number of fused-ring (bicyclic) bond motifs is 1. The maximum Gasteiger partial charge on any atom is 0.410 e. The van der Waals surface area contributed by atoms with E-state index in [1.807, 2.05) is 43.9 Å². The van der Waals surface area contributed by atoms with Crippen LogP contribution in [0.1, 0.15) is 58.6 Å². The highest BCUT2D eigenvalue weighted by atomic mass is 16.6. The van der Waals surface area contributed by atoms with E-state index >= 15 is 0 Å². The van der Waals surface area contributed by atoms with Crippen LogP contribution in [0.2, 0.25) is 0 Å². The average Bonchev–Trinajstić information content (AvgIpc) is 3.17. The fourth-order valence-corrected chi connectivity index (χ4v) is 5.81. The number of methoxy groups -OCH3 is 1. The molecule has 8 heteroatoms. The van der Waals surface area contributed by atoms with Gasteiger partial charge in [-0.3, -0.25) is 0 Å². The number of amides is 1. The van der Waals surface area contributed by atoms with Gasteiger partial charge in [-0.1, -0.05) is 18.2 Å². The Bertz CT molecular complexity index is 1360. The maximum atomic E-state index is 12.5. The van der Waals surface area contributed by atoms with Crippen molar-refractivity contribution in [2.75, 3.05) is 25.9 Å². The third kappa shape index (κ3) is 4.77. The van der Waals surface area contributed by atoms with Gasteiger partial charge in [0, 0.05) is 25.7 Å². The number of carbonyl (C=O) groups excluding carboxylic acids is 1. The van der Waals surface area contributed by atoms with E-state index in [2.05, 4.69) is 33.7 Å². The van der Waals surface area contributed by atoms with Crippen molar-refractivity contribution in [3.05, 3.63) is 42.4 Å². The zero-order valence-corrected chi connectivity index (χ0v) is 22.5. The number of piperidine rings is 1. The van der Waals surface area contributed by atoms with Crippen molar-refractivity contribution in [2.45, 2.75) is 58.5 Å². The first-order valence-electron chi connectivity index (χ1n) is 13.0. The number of hydrogen-bond donors (Lipinski definition) is 1. The molecule has 0 bridgehead atoms. The highest BCUT2D eigenvalue weighted by Gasteiger charge is 2.38. The van der Waals surface area contributed by atoms with E-state index in [-0.39, 0.29) is 11.5 Å². The number of benzene rings is 1. The van der Waals surface area contributed by atoms with Crippen LogP contribution < -0.4 is 10.5 Å². The Kier molecular flexibility index (Phi) is 6.38. The minimum atomic E-state index is -0.471. The standard InChI is InChI=1S/C29H37N5O3/c1-28(2,3)37-27(35)34-15-13-29(14-16-34)11-9-19(10-12-29)24-22(20-7-6-8-21(17-20)36-5)23-25(30)31-18-32-26(23)33(24)4/h6-9,17-18H,10-16H2,1-5H3,(H2,30,31,32). The van der Waals surface area contributed by atoms with Gasteiger partial charge in [-0.2, -0.15) is 0 Å². The molecule has 3 aromatic rings. The number of nitrogens with zero attached hydrogens (tertiary/aromatic N) is 4. The molecule has 37 heavy (non-hydrogen) atoms. The summed E-state index contributed by atoms with van der Waals surface area (Å²) in [4.78, 5) is 23.3.